The van der Waals surface area contributed by atoms with Crippen molar-refractivity contribution in [1.29, 1.82) is 0 Å². The van der Waals surface area contributed by atoms with Crippen LogP contribution in [-0.2, 0) is 10.7 Å². The van der Waals surface area contributed by atoms with Crippen molar-refractivity contribution in [3.63, 3.8) is 0 Å². The van der Waals surface area contributed by atoms with Crippen molar-refractivity contribution in [3.8, 4) is 5.75 Å². The number of carboxylic acids is 1. The average molecular weight is 272 g/mol. The monoisotopic (exact) mass is 272 g/mol. The summed E-state index contributed by atoms with van der Waals surface area (Å²) in [5.41, 5.74) is 0.603. The molecule has 0 unspecified atom stereocenters. The highest BCUT2D eigenvalue weighted by Crippen LogP contribution is 2.35. The molecule has 0 fully saturated rings. The van der Waals surface area contributed by atoms with E-state index >= 15 is 0 Å². The van der Waals surface area contributed by atoms with Gasteiger partial charge in [0.2, 0.25) is 0 Å². The van der Waals surface area contributed by atoms with Gasteiger partial charge in [0, 0.05) is 18.4 Å². The van der Waals surface area contributed by atoms with Crippen molar-refractivity contribution in [1.82, 2.24) is 0 Å². The van der Waals surface area contributed by atoms with E-state index in [0.717, 1.165) is 0 Å². The molecule has 0 radical (unpaired) electrons. The van der Waals surface area contributed by atoms with E-state index in [0.29, 0.717) is 11.3 Å². The van der Waals surface area contributed by atoms with Crippen molar-refractivity contribution in [2.75, 3.05) is 7.11 Å². The largest absolute Gasteiger partial charge is 0.496 e. The predicted octanol–water partition coefficient (Wildman–Crippen LogP) is 3.74. The van der Waals surface area contributed by atoms with Crippen molar-refractivity contribution < 1.29 is 23.4 Å². The zero-order valence-corrected chi connectivity index (χ0v) is 11.1. The summed E-state index contributed by atoms with van der Waals surface area (Å²) in [4.78, 5) is 10.3. The van der Waals surface area contributed by atoms with Crippen LogP contribution in [0.2, 0.25) is 0 Å². The maximum absolute atomic E-state index is 13.9. The van der Waals surface area contributed by atoms with Gasteiger partial charge in [-0.15, -0.1) is 0 Å². The molecule has 0 aliphatic carbocycles. The number of aliphatic carboxylic acids is 1. The zero-order valence-electron chi connectivity index (χ0n) is 11.1. The molecule has 0 spiro atoms. The minimum Gasteiger partial charge on any atom is -0.496 e. The van der Waals surface area contributed by atoms with Gasteiger partial charge in [0.1, 0.15) is 5.75 Å². The lowest BCUT2D eigenvalue weighted by molar-refractivity contribution is -0.137. The maximum atomic E-state index is 13.9. The third-order valence-electron chi connectivity index (χ3n) is 2.95. The van der Waals surface area contributed by atoms with Gasteiger partial charge < -0.3 is 9.84 Å². The van der Waals surface area contributed by atoms with Crippen LogP contribution in [0.1, 0.15) is 36.8 Å². The second-order valence-electron chi connectivity index (χ2n) is 4.49. The fourth-order valence-electron chi connectivity index (χ4n) is 1.87. The molecule has 0 bridgehead atoms. The number of ether oxygens (including phenoxy) is 1. The molecule has 5 heteroatoms. The van der Waals surface area contributed by atoms with Crippen molar-refractivity contribution in [3.05, 3.63) is 29.3 Å². The van der Waals surface area contributed by atoms with Crippen LogP contribution in [0.25, 0.3) is 0 Å². The third kappa shape index (κ3) is 4.50. The number of benzene rings is 1. The Morgan fingerprint density at radius 2 is 2.05 bits per heavy atom. The number of hydrogen-bond donors (Lipinski definition) is 1. The Morgan fingerprint density at radius 3 is 2.58 bits per heavy atom. The number of carbonyl (C=O) groups is 1. The zero-order chi connectivity index (χ0) is 14.5. The standard InChI is InChI=1S/C14H18F2O3/c1-10-9-11(6-7-12(10)19-2)14(15,16)8-4-3-5-13(17)18/h6-7,9H,3-5,8H2,1-2H3,(H,17,18). The predicted molar refractivity (Wildman–Crippen MR) is 67.7 cm³/mol. The van der Waals surface area contributed by atoms with Gasteiger partial charge in [0.25, 0.3) is 5.92 Å². The molecule has 1 N–H and O–H groups in total. The van der Waals surface area contributed by atoms with Crippen LogP contribution >= 0.6 is 0 Å². The van der Waals surface area contributed by atoms with Gasteiger partial charge in [-0.05, 0) is 43.5 Å². The van der Waals surface area contributed by atoms with E-state index in [9.17, 15) is 13.6 Å². The number of aryl methyl sites for hydroxylation is 1. The number of rotatable bonds is 7. The van der Waals surface area contributed by atoms with E-state index in [1.807, 2.05) is 0 Å². The fourth-order valence-corrected chi connectivity index (χ4v) is 1.87. The molecule has 0 atom stereocenters. The smallest absolute Gasteiger partial charge is 0.303 e. The van der Waals surface area contributed by atoms with Gasteiger partial charge >= 0.3 is 5.97 Å². The summed E-state index contributed by atoms with van der Waals surface area (Å²) < 4.78 is 32.8. The topological polar surface area (TPSA) is 46.5 Å². The van der Waals surface area contributed by atoms with E-state index in [1.54, 1.807) is 6.92 Å². The van der Waals surface area contributed by atoms with Crippen LogP contribution in [-0.4, -0.2) is 18.2 Å². The molecule has 0 amide bonds. The number of hydrogen-bond acceptors (Lipinski definition) is 2. The van der Waals surface area contributed by atoms with E-state index in [4.69, 9.17) is 9.84 Å². The molecule has 0 aliphatic rings. The highest BCUT2D eigenvalue weighted by atomic mass is 19.3. The summed E-state index contributed by atoms with van der Waals surface area (Å²) in [6.45, 7) is 1.71. The highest BCUT2D eigenvalue weighted by molar-refractivity contribution is 5.66. The summed E-state index contributed by atoms with van der Waals surface area (Å²) in [7, 11) is 1.49. The first kappa shape index (κ1) is 15.4. The molecule has 1 aromatic carbocycles. The molecule has 0 saturated heterocycles. The van der Waals surface area contributed by atoms with Crippen LogP contribution in [0.15, 0.2) is 18.2 Å². The Morgan fingerprint density at radius 1 is 1.37 bits per heavy atom. The van der Waals surface area contributed by atoms with Crippen LogP contribution < -0.4 is 4.74 Å². The maximum Gasteiger partial charge on any atom is 0.303 e. The molecule has 106 valence electrons. The number of unbranched alkanes of at least 4 members (excludes halogenated alkanes) is 1. The average Bonchev–Trinajstić information content (AvgIpc) is 2.34. The molecule has 3 nitrogen and oxygen atoms in total. The Labute approximate surface area is 111 Å². The molecule has 19 heavy (non-hydrogen) atoms. The number of halogens is 2. The third-order valence-corrected chi connectivity index (χ3v) is 2.95. The van der Waals surface area contributed by atoms with Gasteiger partial charge in [0.05, 0.1) is 7.11 Å². The lowest BCUT2D eigenvalue weighted by atomic mass is 10.00. The first-order chi connectivity index (χ1) is 8.86. The molecule has 0 aliphatic heterocycles. The van der Waals surface area contributed by atoms with Crippen LogP contribution in [0.5, 0.6) is 5.75 Å². The SMILES string of the molecule is COc1ccc(C(F)(F)CCCCC(=O)O)cc1C. The normalized spacial score (nSPS) is 11.4. The molecule has 0 saturated carbocycles. The summed E-state index contributed by atoms with van der Waals surface area (Å²) in [6, 6.07) is 4.29. The molecular formula is C14H18F2O3. The molecule has 0 aromatic heterocycles. The van der Waals surface area contributed by atoms with Crippen molar-refractivity contribution >= 4 is 5.97 Å². The van der Waals surface area contributed by atoms with E-state index in [1.165, 1.54) is 25.3 Å². The Balaban J connectivity index is 2.66. The van der Waals surface area contributed by atoms with Gasteiger partial charge in [-0.1, -0.05) is 0 Å². The molecule has 0 heterocycles. The highest BCUT2D eigenvalue weighted by Gasteiger charge is 2.31. The number of methoxy groups -OCH3 is 1. The van der Waals surface area contributed by atoms with Gasteiger partial charge in [-0.25, -0.2) is 8.78 Å². The minimum absolute atomic E-state index is 0.0545. The van der Waals surface area contributed by atoms with Crippen LogP contribution in [0, 0.1) is 6.92 Å². The second-order valence-corrected chi connectivity index (χ2v) is 4.49. The quantitative estimate of drug-likeness (QED) is 0.769. The lowest BCUT2D eigenvalue weighted by Gasteiger charge is -2.18. The summed E-state index contributed by atoms with van der Waals surface area (Å²) in [5, 5.41) is 8.45. The Bertz CT molecular complexity index is 444. The number of alkyl halides is 2. The fraction of sp³-hybridized carbons (Fsp3) is 0.500. The van der Waals surface area contributed by atoms with E-state index in [2.05, 4.69) is 0 Å². The van der Waals surface area contributed by atoms with Crippen LogP contribution in [0.4, 0.5) is 8.78 Å². The summed E-state index contributed by atoms with van der Waals surface area (Å²) >= 11 is 0. The van der Waals surface area contributed by atoms with E-state index in [-0.39, 0.29) is 31.2 Å². The summed E-state index contributed by atoms with van der Waals surface area (Å²) in [5.74, 6) is -3.32. The molecule has 1 aromatic rings. The molecular weight excluding hydrogens is 254 g/mol. The van der Waals surface area contributed by atoms with Crippen molar-refractivity contribution in [2.45, 2.75) is 38.5 Å². The first-order valence-electron chi connectivity index (χ1n) is 6.11. The van der Waals surface area contributed by atoms with E-state index < -0.39 is 11.9 Å². The van der Waals surface area contributed by atoms with Crippen molar-refractivity contribution in [2.24, 2.45) is 0 Å². The van der Waals surface area contributed by atoms with Gasteiger partial charge in [0.15, 0.2) is 0 Å². The lowest BCUT2D eigenvalue weighted by Crippen LogP contribution is -2.13. The van der Waals surface area contributed by atoms with Crippen LogP contribution in [0.3, 0.4) is 0 Å². The second kappa shape index (κ2) is 6.50. The Hall–Kier alpha value is -1.65. The molecule has 1 rings (SSSR count). The summed E-state index contributed by atoms with van der Waals surface area (Å²) in [6.07, 6.45) is 0.0359. The number of carboxylic acid groups (broad SMARTS) is 1. The van der Waals surface area contributed by atoms with Gasteiger partial charge in [-0.3, -0.25) is 4.79 Å². The first-order valence-corrected chi connectivity index (χ1v) is 6.11. The Kier molecular flexibility index (Phi) is 5.27. The van der Waals surface area contributed by atoms with Gasteiger partial charge in [-0.2, -0.15) is 0 Å². The minimum atomic E-state index is -2.93.